The first kappa shape index (κ1) is 13.9. The third-order valence-corrected chi connectivity index (χ3v) is 2.66. The van der Waals surface area contributed by atoms with Gasteiger partial charge in [0.05, 0.1) is 0 Å². The van der Waals surface area contributed by atoms with Crippen LogP contribution in [0.1, 0.15) is 25.8 Å². The highest BCUT2D eigenvalue weighted by Crippen LogP contribution is 2.02. The van der Waals surface area contributed by atoms with Crippen LogP contribution in [0.3, 0.4) is 0 Å². The molecular formula is C13H19FN2S. The van der Waals surface area contributed by atoms with Crippen LogP contribution < -0.4 is 10.6 Å². The van der Waals surface area contributed by atoms with Crippen molar-refractivity contribution in [3.05, 3.63) is 35.6 Å². The highest BCUT2D eigenvalue weighted by Gasteiger charge is 1.98. The van der Waals surface area contributed by atoms with Crippen LogP contribution in [0.15, 0.2) is 24.3 Å². The summed E-state index contributed by atoms with van der Waals surface area (Å²) in [7, 11) is 0. The maximum absolute atomic E-state index is 12.7. The lowest BCUT2D eigenvalue weighted by molar-refractivity contribution is 0.575. The van der Waals surface area contributed by atoms with Gasteiger partial charge in [-0.25, -0.2) is 4.39 Å². The normalized spacial score (nSPS) is 10.4. The first-order valence-electron chi connectivity index (χ1n) is 5.84. The lowest BCUT2D eigenvalue weighted by Crippen LogP contribution is -2.35. The van der Waals surface area contributed by atoms with Crippen LogP contribution in [0.2, 0.25) is 0 Å². The van der Waals surface area contributed by atoms with Gasteiger partial charge in [0.25, 0.3) is 0 Å². The molecule has 0 aromatic heterocycles. The molecule has 0 heterocycles. The van der Waals surface area contributed by atoms with E-state index in [9.17, 15) is 4.39 Å². The first-order valence-corrected chi connectivity index (χ1v) is 6.25. The average Bonchev–Trinajstić information content (AvgIpc) is 2.28. The van der Waals surface area contributed by atoms with Crippen molar-refractivity contribution in [3.63, 3.8) is 0 Å². The number of nitrogens with one attached hydrogen (secondary N) is 2. The van der Waals surface area contributed by atoms with Crippen molar-refractivity contribution in [3.8, 4) is 0 Å². The molecule has 2 nitrogen and oxygen atoms in total. The first-order chi connectivity index (χ1) is 8.08. The molecule has 0 bridgehead atoms. The van der Waals surface area contributed by atoms with E-state index in [1.807, 2.05) is 0 Å². The Morgan fingerprint density at radius 1 is 1.24 bits per heavy atom. The van der Waals surface area contributed by atoms with E-state index in [1.54, 1.807) is 12.1 Å². The highest BCUT2D eigenvalue weighted by atomic mass is 32.1. The Hall–Kier alpha value is -1.16. The predicted octanol–water partition coefficient (Wildman–Crippen LogP) is 2.84. The molecule has 1 aromatic carbocycles. The molecule has 1 rings (SSSR count). The Kier molecular flexibility index (Phi) is 5.91. The second kappa shape index (κ2) is 7.22. The Morgan fingerprint density at radius 3 is 2.47 bits per heavy atom. The summed E-state index contributed by atoms with van der Waals surface area (Å²) in [4.78, 5) is 0. The van der Waals surface area contributed by atoms with Gasteiger partial charge < -0.3 is 10.6 Å². The molecule has 17 heavy (non-hydrogen) atoms. The Morgan fingerprint density at radius 2 is 1.88 bits per heavy atom. The molecule has 0 aliphatic rings. The molecule has 0 spiro atoms. The standard InChI is InChI=1S/C13H19FN2S/c1-10(2)7-8-15-13(17)16-9-11-3-5-12(14)6-4-11/h3-6,10H,7-9H2,1-2H3,(H2,15,16,17). The molecule has 0 atom stereocenters. The molecule has 94 valence electrons. The number of hydrogen-bond acceptors (Lipinski definition) is 1. The molecule has 0 amide bonds. The van der Waals surface area contributed by atoms with E-state index in [0.29, 0.717) is 17.6 Å². The van der Waals surface area contributed by atoms with Crippen molar-refractivity contribution in [2.75, 3.05) is 6.54 Å². The van der Waals surface area contributed by atoms with Crippen LogP contribution in [0.5, 0.6) is 0 Å². The molecular weight excluding hydrogens is 235 g/mol. The van der Waals surface area contributed by atoms with Crippen LogP contribution in [-0.4, -0.2) is 11.7 Å². The second-order valence-electron chi connectivity index (χ2n) is 4.42. The summed E-state index contributed by atoms with van der Waals surface area (Å²) < 4.78 is 12.7. The summed E-state index contributed by atoms with van der Waals surface area (Å²) in [6, 6.07) is 6.40. The smallest absolute Gasteiger partial charge is 0.166 e. The van der Waals surface area contributed by atoms with Crippen molar-refractivity contribution < 1.29 is 4.39 Å². The molecule has 4 heteroatoms. The summed E-state index contributed by atoms with van der Waals surface area (Å²) in [5.41, 5.74) is 1.01. The molecule has 0 aliphatic carbocycles. The largest absolute Gasteiger partial charge is 0.363 e. The summed E-state index contributed by atoms with van der Waals surface area (Å²) in [5.74, 6) is 0.453. The Bertz CT molecular complexity index is 349. The van der Waals surface area contributed by atoms with Gasteiger partial charge in [-0.2, -0.15) is 0 Å². The zero-order valence-electron chi connectivity index (χ0n) is 10.3. The quantitative estimate of drug-likeness (QED) is 0.790. The lowest BCUT2D eigenvalue weighted by Gasteiger charge is -2.11. The van der Waals surface area contributed by atoms with Crippen molar-refractivity contribution in [2.24, 2.45) is 5.92 Å². The zero-order chi connectivity index (χ0) is 12.7. The minimum atomic E-state index is -0.216. The molecule has 0 unspecified atom stereocenters. The topological polar surface area (TPSA) is 24.1 Å². The van der Waals surface area contributed by atoms with Gasteiger partial charge in [0.15, 0.2) is 5.11 Å². The molecule has 1 aromatic rings. The van der Waals surface area contributed by atoms with Gasteiger partial charge in [-0.15, -0.1) is 0 Å². The fourth-order valence-electron chi connectivity index (χ4n) is 1.32. The van der Waals surface area contributed by atoms with E-state index in [1.165, 1.54) is 12.1 Å². The van der Waals surface area contributed by atoms with Crippen molar-refractivity contribution in [2.45, 2.75) is 26.8 Å². The van der Waals surface area contributed by atoms with Crippen LogP contribution in [0.4, 0.5) is 4.39 Å². The molecule has 2 N–H and O–H groups in total. The number of hydrogen-bond donors (Lipinski definition) is 2. The van der Waals surface area contributed by atoms with Crippen LogP contribution in [-0.2, 0) is 6.54 Å². The van der Waals surface area contributed by atoms with Crippen LogP contribution >= 0.6 is 12.2 Å². The van der Waals surface area contributed by atoms with Crippen molar-refractivity contribution >= 4 is 17.3 Å². The number of benzene rings is 1. The maximum atomic E-state index is 12.7. The summed E-state index contributed by atoms with van der Waals surface area (Å²) in [5, 5.41) is 6.88. The molecule has 0 radical (unpaired) electrons. The van der Waals surface area contributed by atoms with Gasteiger partial charge in [-0.05, 0) is 42.3 Å². The van der Waals surface area contributed by atoms with Gasteiger partial charge in [0, 0.05) is 13.1 Å². The van der Waals surface area contributed by atoms with E-state index in [2.05, 4.69) is 24.5 Å². The lowest BCUT2D eigenvalue weighted by atomic mass is 10.1. The van der Waals surface area contributed by atoms with Crippen LogP contribution in [0.25, 0.3) is 0 Å². The predicted molar refractivity (Wildman–Crippen MR) is 73.3 cm³/mol. The van der Waals surface area contributed by atoms with Gasteiger partial charge in [0.1, 0.15) is 5.82 Å². The number of halogens is 1. The third-order valence-electron chi connectivity index (χ3n) is 2.37. The summed E-state index contributed by atoms with van der Waals surface area (Å²) in [6.07, 6.45) is 1.10. The highest BCUT2D eigenvalue weighted by molar-refractivity contribution is 7.80. The monoisotopic (exact) mass is 254 g/mol. The third kappa shape index (κ3) is 6.22. The fraction of sp³-hybridized carbons (Fsp3) is 0.462. The van der Waals surface area contributed by atoms with Gasteiger partial charge >= 0.3 is 0 Å². The van der Waals surface area contributed by atoms with Gasteiger partial charge in [-0.3, -0.25) is 0 Å². The van der Waals surface area contributed by atoms with E-state index >= 15 is 0 Å². The fourth-order valence-corrected chi connectivity index (χ4v) is 1.50. The molecule has 0 saturated carbocycles. The van der Waals surface area contributed by atoms with Gasteiger partial charge in [-0.1, -0.05) is 26.0 Å². The van der Waals surface area contributed by atoms with Crippen molar-refractivity contribution in [1.29, 1.82) is 0 Å². The zero-order valence-corrected chi connectivity index (χ0v) is 11.1. The molecule has 0 aliphatic heterocycles. The SMILES string of the molecule is CC(C)CCNC(=S)NCc1ccc(F)cc1. The molecule has 0 fully saturated rings. The Balaban J connectivity index is 2.21. The minimum Gasteiger partial charge on any atom is -0.363 e. The summed E-state index contributed by atoms with van der Waals surface area (Å²) >= 11 is 5.13. The van der Waals surface area contributed by atoms with E-state index in [0.717, 1.165) is 18.5 Å². The summed E-state index contributed by atoms with van der Waals surface area (Å²) in [6.45, 7) is 5.86. The van der Waals surface area contributed by atoms with Crippen molar-refractivity contribution in [1.82, 2.24) is 10.6 Å². The van der Waals surface area contributed by atoms with E-state index in [-0.39, 0.29) is 5.82 Å². The Labute approximate surface area is 108 Å². The minimum absolute atomic E-state index is 0.216. The number of rotatable bonds is 5. The average molecular weight is 254 g/mol. The van der Waals surface area contributed by atoms with E-state index < -0.39 is 0 Å². The maximum Gasteiger partial charge on any atom is 0.166 e. The van der Waals surface area contributed by atoms with Crippen LogP contribution in [0, 0.1) is 11.7 Å². The second-order valence-corrected chi connectivity index (χ2v) is 4.83. The van der Waals surface area contributed by atoms with E-state index in [4.69, 9.17) is 12.2 Å². The van der Waals surface area contributed by atoms with Gasteiger partial charge in [0.2, 0.25) is 0 Å². The number of thiocarbonyl (C=S) groups is 1. The molecule has 0 saturated heterocycles.